The lowest BCUT2D eigenvalue weighted by Gasteiger charge is -2.28. The summed E-state index contributed by atoms with van der Waals surface area (Å²) in [4.78, 5) is 57.1. The molecule has 0 fully saturated rings. The summed E-state index contributed by atoms with van der Waals surface area (Å²) in [5.41, 5.74) is 6.84. The van der Waals surface area contributed by atoms with Crippen LogP contribution in [0.1, 0.15) is 38.4 Å². The van der Waals surface area contributed by atoms with Gasteiger partial charge in [0, 0.05) is 24.7 Å². The molecule has 2 aromatic rings. The zero-order valence-corrected chi connectivity index (χ0v) is 20.5. The quantitative estimate of drug-likeness (QED) is 0.196. The van der Waals surface area contributed by atoms with Crippen LogP contribution >= 0.6 is 0 Å². The van der Waals surface area contributed by atoms with Crippen LogP contribution in [-0.2, 0) is 32.0 Å². The van der Waals surface area contributed by atoms with Crippen molar-refractivity contribution >= 4 is 23.7 Å². The van der Waals surface area contributed by atoms with Crippen molar-refractivity contribution in [1.82, 2.24) is 25.9 Å². The minimum Gasteiger partial charge on any atom is -0.508 e. The molecule has 12 nitrogen and oxygen atoms in total. The molecule has 1 aromatic heterocycles. The van der Waals surface area contributed by atoms with Gasteiger partial charge in [-0.25, -0.2) is 9.78 Å². The van der Waals surface area contributed by atoms with Crippen LogP contribution in [-0.4, -0.2) is 68.0 Å². The highest BCUT2D eigenvalue weighted by atomic mass is 16.4. The average Bonchev–Trinajstić information content (AvgIpc) is 3.35. The number of carboxylic acid groups (broad SMARTS) is 1. The van der Waals surface area contributed by atoms with Gasteiger partial charge < -0.3 is 36.9 Å². The maximum Gasteiger partial charge on any atom is 0.326 e. The van der Waals surface area contributed by atoms with Crippen molar-refractivity contribution in [3.8, 4) is 5.75 Å². The summed E-state index contributed by atoms with van der Waals surface area (Å²) in [5, 5.41) is 26.9. The molecule has 1 heterocycles. The Kier molecular flexibility index (Phi) is 10.4. The van der Waals surface area contributed by atoms with Gasteiger partial charge in [0.05, 0.1) is 12.4 Å². The number of carboxylic acids is 1. The highest BCUT2D eigenvalue weighted by Gasteiger charge is 2.32. The second-order valence-electron chi connectivity index (χ2n) is 8.77. The van der Waals surface area contributed by atoms with E-state index in [2.05, 4.69) is 25.9 Å². The van der Waals surface area contributed by atoms with E-state index in [-0.39, 0.29) is 24.5 Å². The number of aliphatic carboxylic acids is 1. The third kappa shape index (κ3) is 8.38. The monoisotopic (exact) mass is 502 g/mol. The SMILES string of the molecule is CCC(C)C(NC(=O)C(Cc1ccc(O)cc1)NC(=O)C(C)N)C(=O)NC(Cc1cnc[nH]1)C(=O)O. The van der Waals surface area contributed by atoms with Crippen LogP contribution in [0.5, 0.6) is 5.75 Å². The number of phenolic OH excluding ortho intramolecular Hbond substituents is 1. The lowest BCUT2D eigenvalue weighted by Crippen LogP contribution is -2.59. The van der Waals surface area contributed by atoms with Crippen LogP contribution in [0.15, 0.2) is 36.8 Å². The summed E-state index contributed by atoms with van der Waals surface area (Å²) in [7, 11) is 0. The minimum absolute atomic E-state index is 0.0177. The molecule has 0 saturated carbocycles. The first-order chi connectivity index (χ1) is 17.0. The number of benzene rings is 1. The number of nitrogens with one attached hydrogen (secondary N) is 4. The maximum absolute atomic E-state index is 13.3. The van der Waals surface area contributed by atoms with Crippen molar-refractivity contribution in [1.29, 1.82) is 0 Å². The first kappa shape index (κ1) is 28.3. The van der Waals surface area contributed by atoms with Crippen molar-refractivity contribution in [2.45, 2.75) is 64.2 Å². The number of phenols is 1. The van der Waals surface area contributed by atoms with Crippen LogP contribution in [0.3, 0.4) is 0 Å². The fourth-order valence-corrected chi connectivity index (χ4v) is 3.41. The summed E-state index contributed by atoms with van der Waals surface area (Å²) in [5.74, 6) is -3.36. The Labute approximate surface area is 209 Å². The molecule has 196 valence electrons. The highest BCUT2D eigenvalue weighted by molar-refractivity contribution is 5.94. The molecule has 5 atom stereocenters. The molecule has 5 unspecified atom stereocenters. The molecule has 0 aliphatic rings. The molecule has 0 radical (unpaired) electrons. The summed E-state index contributed by atoms with van der Waals surface area (Å²) in [6.07, 6.45) is 3.45. The number of amides is 3. The molecule has 0 spiro atoms. The predicted molar refractivity (Wildman–Crippen MR) is 131 cm³/mol. The summed E-state index contributed by atoms with van der Waals surface area (Å²) in [6.45, 7) is 5.07. The number of aromatic amines is 1. The van der Waals surface area contributed by atoms with Gasteiger partial charge in [-0.2, -0.15) is 0 Å². The number of hydrogen-bond acceptors (Lipinski definition) is 7. The molecular weight excluding hydrogens is 468 g/mol. The van der Waals surface area contributed by atoms with Crippen molar-refractivity contribution in [2.75, 3.05) is 0 Å². The van der Waals surface area contributed by atoms with Gasteiger partial charge in [0.2, 0.25) is 17.7 Å². The average molecular weight is 503 g/mol. The molecule has 8 N–H and O–H groups in total. The van der Waals surface area contributed by atoms with Gasteiger partial charge in [-0.05, 0) is 30.5 Å². The number of carbonyl (C=O) groups is 4. The number of carbonyl (C=O) groups excluding carboxylic acids is 3. The van der Waals surface area contributed by atoms with E-state index in [0.29, 0.717) is 17.7 Å². The first-order valence-electron chi connectivity index (χ1n) is 11.7. The van der Waals surface area contributed by atoms with Crippen LogP contribution in [0, 0.1) is 5.92 Å². The predicted octanol–water partition coefficient (Wildman–Crippen LogP) is -0.167. The van der Waals surface area contributed by atoms with Crippen LogP contribution in [0.4, 0.5) is 0 Å². The van der Waals surface area contributed by atoms with Crippen molar-refractivity contribution in [2.24, 2.45) is 11.7 Å². The Morgan fingerprint density at radius 2 is 1.61 bits per heavy atom. The van der Waals surface area contributed by atoms with E-state index < -0.39 is 47.9 Å². The van der Waals surface area contributed by atoms with E-state index in [1.807, 2.05) is 6.92 Å². The first-order valence-corrected chi connectivity index (χ1v) is 11.7. The lowest BCUT2D eigenvalue weighted by atomic mass is 9.96. The molecule has 0 aliphatic heterocycles. The van der Waals surface area contributed by atoms with E-state index in [4.69, 9.17) is 5.73 Å². The van der Waals surface area contributed by atoms with Gasteiger partial charge in [0.1, 0.15) is 23.9 Å². The number of nitrogens with zero attached hydrogens (tertiary/aromatic N) is 1. The number of aromatic hydroxyl groups is 1. The van der Waals surface area contributed by atoms with Gasteiger partial charge in [0.25, 0.3) is 0 Å². The summed E-state index contributed by atoms with van der Waals surface area (Å²) >= 11 is 0. The largest absolute Gasteiger partial charge is 0.508 e. The Bertz CT molecular complexity index is 1020. The molecular formula is C24H34N6O6. The zero-order valence-electron chi connectivity index (χ0n) is 20.5. The van der Waals surface area contributed by atoms with E-state index in [0.717, 1.165) is 0 Å². The fourth-order valence-electron chi connectivity index (χ4n) is 3.41. The van der Waals surface area contributed by atoms with Crippen LogP contribution in [0.25, 0.3) is 0 Å². The fraction of sp³-hybridized carbons (Fsp3) is 0.458. The summed E-state index contributed by atoms with van der Waals surface area (Å²) in [6, 6.07) is 1.91. The number of imidazole rings is 1. The molecule has 3 amide bonds. The Hall–Kier alpha value is -3.93. The number of nitrogens with two attached hydrogens (primary N) is 1. The Balaban J connectivity index is 2.21. The third-order valence-corrected chi connectivity index (χ3v) is 5.81. The van der Waals surface area contributed by atoms with E-state index >= 15 is 0 Å². The molecule has 0 saturated heterocycles. The van der Waals surface area contributed by atoms with Crippen LogP contribution < -0.4 is 21.7 Å². The van der Waals surface area contributed by atoms with E-state index in [9.17, 15) is 29.4 Å². The normalized spacial score (nSPS) is 15.1. The zero-order chi connectivity index (χ0) is 26.8. The van der Waals surface area contributed by atoms with Gasteiger partial charge in [-0.15, -0.1) is 0 Å². The molecule has 0 aliphatic carbocycles. The van der Waals surface area contributed by atoms with Crippen molar-refractivity contribution in [3.05, 3.63) is 48.0 Å². The number of rotatable bonds is 13. The molecule has 2 rings (SSSR count). The van der Waals surface area contributed by atoms with Gasteiger partial charge in [-0.3, -0.25) is 14.4 Å². The highest BCUT2D eigenvalue weighted by Crippen LogP contribution is 2.13. The molecule has 0 bridgehead atoms. The van der Waals surface area contributed by atoms with E-state index in [1.54, 1.807) is 19.1 Å². The van der Waals surface area contributed by atoms with E-state index in [1.165, 1.54) is 31.6 Å². The molecule has 12 heteroatoms. The minimum atomic E-state index is -1.24. The van der Waals surface area contributed by atoms with Gasteiger partial charge in [0.15, 0.2) is 0 Å². The second kappa shape index (κ2) is 13.2. The maximum atomic E-state index is 13.3. The number of aromatic nitrogens is 2. The number of H-pyrrole nitrogens is 1. The Morgan fingerprint density at radius 1 is 0.972 bits per heavy atom. The summed E-state index contributed by atoms with van der Waals surface area (Å²) < 4.78 is 0. The van der Waals surface area contributed by atoms with Crippen LogP contribution in [0.2, 0.25) is 0 Å². The van der Waals surface area contributed by atoms with Crippen molar-refractivity contribution < 1.29 is 29.4 Å². The lowest BCUT2D eigenvalue weighted by molar-refractivity contribution is -0.142. The Morgan fingerprint density at radius 3 is 2.14 bits per heavy atom. The smallest absolute Gasteiger partial charge is 0.326 e. The van der Waals surface area contributed by atoms with Gasteiger partial charge >= 0.3 is 5.97 Å². The second-order valence-corrected chi connectivity index (χ2v) is 8.77. The number of hydrogen-bond donors (Lipinski definition) is 7. The van der Waals surface area contributed by atoms with Crippen molar-refractivity contribution in [3.63, 3.8) is 0 Å². The standard InChI is InChI=1S/C24H34N6O6/c1-4-13(2)20(23(34)29-19(24(35)36)10-16-11-26-12-27-16)30-22(33)18(28-21(32)14(3)25)9-15-5-7-17(31)8-6-15/h5-8,11-14,18-20,31H,4,9-10,25H2,1-3H3,(H,26,27)(H,28,32)(H,29,34)(H,30,33)(H,35,36). The topological polar surface area (TPSA) is 200 Å². The third-order valence-electron chi connectivity index (χ3n) is 5.81. The van der Waals surface area contributed by atoms with Gasteiger partial charge in [-0.1, -0.05) is 32.4 Å². The molecule has 1 aromatic carbocycles. The molecule has 36 heavy (non-hydrogen) atoms.